The molecule has 1 aliphatic rings. The fraction of sp³-hybridized carbons (Fsp3) is 0.647. The molecule has 0 bridgehead atoms. The van der Waals surface area contributed by atoms with Gasteiger partial charge in [0, 0.05) is 5.69 Å². The van der Waals surface area contributed by atoms with Gasteiger partial charge < -0.3 is 19.6 Å². The number of nitrogens with zero attached hydrogens (tertiary/aromatic N) is 1. The topological polar surface area (TPSA) is 37.1 Å². The van der Waals surface area contributed by atoms with Gasteiger partial charge >= 0.3 is 0 Å². The quantitative estimate of drug-likeness (QED) is 0.841. The van der Waals surface area contributed by atoms with Crippen molar-refractivity contribution in [3.05, 3.63) is 30.1 Å². The summed E-state index contributed by atoms with van der Waals surface area (Å²) >= 11 is 0. The van der Waals surface area contributed by atoms with Crippen molar-refractivity contribution in [1.82, 2.24) is 0 Å². The minimum absolute atomic E-state index is 0.199. The van der Waals surface area contributed by atoms with Crippen LogP contribution >= 0.6 is 0 Å². The van der Waals surface area contributed by atoms with E-state index in [1.54, 1.807) is 0 Å². The highest BCUT2D eigenvalue weighted by Gasteiger charge is 2.23. The largest absolute Gasteiger partial charge is 0.385 e. The summed E-state index contributed by atoms with van der Waals surface area (Å²) in [5.74, 6) is -0.199. The summed E-state index contributed by atoms with van der Waals surface area (Å²) in [7, 11) is 0. The molecule has 1 aromatic carbocycles. The number of aliphatic hydroxyl groups is 1. The molecule has 5 heteroatoms. The Balaban J connectivity index is 1.74. The van der Waals surface area contributed by atoms with Gasteiger partial charge in [0.2, 0.25) is 0 Å². The van der Waals surface area contributed by atoms with Crippen LogP contribution in [0, 0.1) is 5.82 Å². The number of halogens is 1. The van der Waals surface area contributed by atoms with Crippen molar-refractivity contribution in [3.8, 4) is 0 Å². The SMILES string of the molecule is CC(C)(C)OC[C@H](O)C[NH+]1CCN(c2ccc(F)cc2)CC1. The molecule has 1 atom stereocenters. The summed E-state index contributed by atoms with van der Waals surface area (Å²) in [6.45, 7) is 10.9. The Bertz CT molecular complexity index is 451. The third kappa shape index (κ3) is 5.55. The summed E-state index contributed by atoms with van der Waals surface area (Å²) in [6, 6.07) is 6.66. The van der Waals surface area contributed by atoms with E-state index in [9.17, 15) is 9.50 Å². The third-order valence-electron chi connectivity index (χ3n) is 3.90. The first-order valence-electron chi connectivity index (χ1n) is 7.99. The van der Waals surface area contributed by atoms with Gasteiger partial charge in [0.05, 0.1) is 38.4 Å². The second-order valence-corrected chi connectivity index (χ2v) is 6.99. The highest BCUT2D eigenvalue weighted by molar-refractivity contribution is 5.46. The molecule has 1 aliphatic heterocycles. The summed E-state index contributed by atoms with van der Waals surface area (Å²) in [5.41, 5.74) is 0.856. The average molecular weight is 311 g/mol. The Morgan fingerprint density at radius 2 is 1.82 bits per heavy atom. The second-order valence-electron chi connectivity index (χ2n) is 6.99. The molecule has 1 saturated heterocycles. The first-order chi connectivity index (χ1) is 10.3. The Morgan fingerprint density at radius 3 is 2.36 bits per heavy atom. The minimum Gasteiger partial charge on any atom is -0.385 e. The molecule has 2 N–H and O–H groups in total. The first-order valence-corrected chi connectivity index (χ1v) is 7.99. The molecule has 0 unspecified atom stereocenters. The van der Waals surface area contributed by atoms with Crippen molar-refractivity contribution in [1.29, 1.82) is 0 Å². The molecule has 2 rings (SSSR count). The Hall–Kier alpha value is -1.17. The first kappa shape index (κ1) is 17.2. The molecule has 0 spiro atoms. The van der Waals surface area contributed by atoms with Gasteiger partial charge in [-0.3, -0.25) is 0 Å². The molecule has 1 heterocycles. The molecule has 1 aromatic rings. The molecule has 0 aliphatic carbocycles. The number of quaternary nitrogens is 1. The van der Waals surface area contributed by atoms with Crippen LogP contribution in [0.5, 0.6) is 0 Å². The second kappa shape index (κ2) is 7.40. The number of ether oxygens (including phenoxy) is 1. The van der Waals surface area contributed by atoms with Gasteiger partial charge in [-0.1, -0.05) is 0 Å². The number of benzene rings is 1. The van der Waals surface area contributed by atoms with Crippen LogP contribution in [0.4, 0.5) is 10.1 Å². The van der Waals surface area contributed by atoms with E-state index in [1.165, 1.54) is 17.0 Å². The zero-order valence-electron chi connectivity index (χ0n) is 13.8. The number of aliphatic hydroxyl groups excluding tert-OH is 1. The molecule has 0 radical (unpaired) electrons. The molecule has 0 aromatic heterocycles. The molecule has 124 valence electrons. The average Bonchev–Trinajstić information content (AvgIpc) is 2.46. The van der Waals surface area contributed by atoms with Crippen LogP contribution in [-0.2, 0) is 4.74 Å². The fourth-order valence-electron chi connectivity index (χ4n) is 2.68. The maximum atomic E-state index is 13.0. The highest BCUT2D eigenvalue weighted by atomic mass is 19.1. The van der Waals surface area contributed by atoms with Gasteiger partial charge in [-0.2, -0.15) is 0 Å². The number of nitrogens with one attached hydrogen (secondary N) is 1. The molecule has 22 heavy (non-hydrogen) atoms. The van der Waals surface area contributed by atoms with Crippen molar-refractivity contribution in [3.63, 3.8) is 0 Å². The van der Waals surface area contributed by atoms with Gasteiger partial charge in [-0.25, -0.2) is 4.39 Å². The van der Waals surface area contributed by atoms with Crippen LogP contribution in [0.2, 0.25) is 0 Å². The van der Waals surface area contributed by atoms with Crippen LogP contribution < -0.4 is 9.80 Å². The van der Waals surface area contributed by atoms with Gasteiger partial charge in [-0.05, 0) is 45.0 Å². The lowest BCUT2D eigenvalue weighted by molar-refractivity contribution is -0.903. The Labute approximate surface area is 132 Å². The van der Waals surface area contributed by atoms with Crippen molar-refractivity contribution >= 4 is 5.69 Å². The standard InChI is InChI=1S/C17H27FN2O2/c1-17(2,3)22-13-16(21)12-19-8-10-20(11-9-19)15-6-4-14(18)5-7-15/h4-7,16,21H,8-13H2,1-3H3/p+1/t16-/m1/s1. The van der Waals surface area contributed by atoms with Crippen LogP contribution in [0.1, 0.15) is 20.8 Å². The van der Waals surface area contributed by atoms with E-state index in [-0.39, 0.29) is 11.4 Å². The predicted octanol–water partition coefficient (Wildman–Crippen LogP) is 0.707. The van der Waals surface area contributed by atoms with Crippen molar-refractivity contribution in [2.45, 2.75) is 32.5 Å². The zero-order chi connectivity index (χ0) is 16.2. The monoisotopic (exact) mass is 311 g/mol. The van der Waals surface area contributed by atoms with E-state index >= 15 is 0 Å². The van der Waals surface area contributed by atoms with Gasteiger partial charge in [0.15, 0.2) is 0 Å². The zero-order valence-corrected chi connectivity index (χ0v) is 13.8. The van der Waals surface area contributed by atoms with Crippen LogP contribution in [0.3, 0.4) is 0 Å². The summed E-state index contributed by atoms with van der Waals surface area (Å²) in [4.78, 5) is 3.66. The van der Waals surface area contributed by atoms with Crippen molar-refractivity contribution in [2.24, 2.45) is 0 Å². The summed E-state index contributed by atoms with van der Waals surface area (Å²) in [5, 5.41) is 10.1. The van der Waals surface area contributed by atoms with Crippen LogP contribution in [0.15, 0.2) is 24.3 Å². The molecular formula is C17H28FN2O2+. The number of rotatable bonds is 5. The maximum absolute atomic E-state index is 13.0. The van der Waals surface area contributed by atoms with Crippen LogP contribution in [-0.4, -0.2) is 56.1 Å². The summed E-state index contributed by atoms with van der Waals surface area (Å²) in [6.07, 6.45) is -0.424. The predicted molar refractivity (Wildman–Crippen MR) is 85.9 cm³/mol. The van der Waals surface area contributed by atoms with E-state index in [0.29, 0.717) is 13.2 Å². The molecule has 0 amide bonds. The molecule has 4 nitrogen and oxygen atoms in total. The number of hydrogen-bond acceptors (Lipinski definition) is 3. The van der Waals surface area contributed by atoms with E-state index in [4.69, 9.17) is 4.74 Å². The van der Waals surface area contributed by atoms with E-state index < -0.39 is 6.10 Å². The highest BCUT2D eigenvalue weighted by Crippen LogP contribution is 2.14. The van der Waals surface area contributed by atoms with Crippen molar-refractivity contribution < 1.29 is 19.1 Å². The molecular weight excluding hydrogens is 283 g/mol. The minimum atomic E-state index is -0.424. The van der Waals surface area contributed by atoms with E-state index in [0.717, 1.165) is 31.9 Å². The van der Waals surface area contributed by atoms with Crippen LogP contribution in [0.25, 0.3) is 0 Å². The Morgan fingerprint density at radius 1 is 1.23 bits per heavy atom. The van der Waals surface area contributed by atoms with Gasteiger partial charge in [-0.15, -0.1) is 0 Å². The van der Waals surface area contributed by atoms with E-state index in [2.05, 4.69) is 4.90 Å². The summed E-state index contributed by atoms with van der Waals surface area (Å²) < 4.78 is 18.6. The molecule has 0 saturated carbocycles. The van der Waals surface area contributed by atoms with E-state index in [1.807, 2.05) is 32.9 Å². The fourth-order valence-corrected chi connectivity index (χ4v) is 2.68. The lowest BCUT2D eigenvalue weighted by Crippen LogP contribution is -3.16. The Kier molecular flexibility index (Phi) is 5.78. The number of anilines is 1. The normalized spacial score (nSPS) is 18.5. The smallest absolute Gasteiger partial charge is 0.126 e. The van der Waals surface area contributed by atoms with Crippen molar-refractivity contribution in [2.75, 3.05) is 44.2 Å². The van der Waals surface area contributed by atoms with Gasteiger partial charge in [0.1, 0.15) is 18.5 Å². The molecule has 1 fully saturated rings. The number of hydrogen-bond donors (Lipinski definition) is 2. The lowest BCUT2D eigenvalue weighted by Gasteiger charge is -2.34. The maximum Gasteiger partial charge on any atom is 0.126 e. The third-order valence-corrected chi connectivity index (χ3v) is 3.90. The number of piperazine rings is 1. The lowest BCUT2D eigenvalue weighted by atomic mass is 10.2. The van der Waals surface area contributed by atoms with Gasteiger partial charge in [0.25, 0.3) is 0 Å².